The molecule has 0 fully saturated rings. The maximum atomic E-state index is 14.0. The average molecular weight is 473 g/mol. The number of hydrogen-bond donors (Lipinski definition) is 3. The SMILES string of the molecule is O=C(Cc1nccn1Cc1ccccc1F)Nc1ccc(CCNC[C@H](O)c2ccccc2)cc1. The molecule has 6 nitrogen and oxygen atoms in total. The largest absolute Gasteiger partial charge is 0.387 e. The van der Waals surface area contributed by atoms with E-state index in [1.165, 1.54) is 6.07 Å². The topological polar surface area (TPSA) is 79.2 Å². The average Bonchev–Trinajstić information content (AvgIpc) is 3.30. The second kappa shape index (κ2) is 12.1. The van der Waals surface area contributed by atoms with Crippen molar-refractivity contribution in [1.29, 1.82) is 0 Å². The molecule has 0 aliphatic carbocycles. The van der Waals surface area contributed by atoms with E-state index in [4.69, 9.17) is 0 Å². The van der Waals surface area contributed by atoms with Gasteiger partial charge in [-0.3, -0.25) is 4.79 Å². The van der Waals surface area contributed by atoms with Crippen molar-refractivity contribution < 1.29 is 14.3 Å². The highest BCUT2D eigenvalue weighted by atomic mass is 19.1. The Hall–Kier alpha value is -3.81. The van der Waals surface area contributed by atoms with E-state index < -0.39 is 6.10 Å². The monoisotopic (exact) mass is 472 g/mol. The minimum atomic E-state index is -0.531. The summed E-state index contributed by atoms with van der Waals surface area (Å²) in [6.45, 7) is 1.55. The van der Waals surface area contributed by atoms with Gasteiger partial charge in [-0.25, -0.2) is 9.37 Å². The third-order valence-electron chi connectivity index (χ3n) is 5.77. The molecular formula is C28H29FN4O2. The summed E-state index contributed by atoms with van der Waals surface area (Å²) in [5.74, 6) is 0.112. The van der Waals surface area contributed by atoms with Crippen molar-refractivity contribution in [1.82, 2.24) is 14.9 Å². The minimum absolute atomic E-state index is 0.0941. The lowest BCUT2D eigenvalue weighted by Crippen LogP contribution is -2.23. The van der Waals surface area contributed by atoms with Crippen LogP contribution in [0.15, 0.2) is 91.3 Å². The number of carbonyl (C=O) groups excluding carboxylic acids is 1. The Kier molecular flexibility index (Phi) is 8.38. The van der Waals surface area contributed by atoms with Crippen LogP contribution in [0.25, 0.3) is 0 Å². The van der Waals surface area contributed by atoms with Crippen LogP contribution in [0.3, 0.4) is 0 Å². The summed E-state index contributed by atoms with van der Waals surface area (Å²) in [6.07, 6.45) is 3.73. The van der Waals surface area contributed by atoms with Crippen molar-refractivity contribution in [3.8, 4) is 0 Å². The Morgan fingerprint density at radius 1 is 1.00 bits per heavy atom. The number of anilines is 1. The maximum absolute atomic E-state index is 14.0. The van der Waals surface area contributed by atoms with Gasteiger partial charge < -0.3 is 20.3 Å². The van der Waals surface area contributed by atoms with E-state index in [1.807, 2.05) is 54.6 Å². The number of imidazole rings is 1. The van der Waals surface area contributed by atoms with Crippen LogP contribution in [0.4, 0.5) is 10.1 Å². The first-order valence-electron chi connectivity index (χ1n) is 11.6. The lowest BCUT2D eigenvalue weighted by molar-refractivity contribution is -0.115. The van der Waals surface area contributed by atoms with Crippen LogP contribution >= 0.6 is 0 Å². The second-order valence-corrected chi connectivity index (χ2v) is 8.37. The molecule has 0 aliphatic rings. The van der Waals surface area contributed by atoms with Gasteiger partial charge in [-0.05, 0) is 42.3 Å². The molecule has 180 valence electrons. The first-order valence-corrected chi connectivity index (χ1v) is 11.6. The molecule has 7 heteroatoms. The van der Waals surface area contributed by atoms with Crippen molar-refractivity contribution in [2.24, 2.45) is 0 Å². The zero-order valence-electron chi connectivity index (χ0n) is 19.4. The number of nitrogens with zero attached hydrogens (tertiary/aromatic N) is 2. The van der Waals surface area contributed by atoms with E-state index in [-0.39, 0.29) is 18.1 Å². The number of aliphatic hydroxyl groups excluding tert-OH is 1. The van der Waals surface area contributed by atoms with Gasteiger partial charge in [-0.15, -0.1) is 0 Å². The van der Waals surface area contributed by atoms with E-state index in [2.05, 4.69) is 15.6 Å². The fourth-order valence-corrected chi connectivity index (χ4v) is 3.83. The highest BCUT2D eigenvalue weighted by Gasteiger charge is 2.11. The van der Waals surface area contributed by atoms with Gasteiger partial charge >= 0.3 is 0 Å². The molecule has 4 rings (SSSR count). The van der Waals surface area contributed by atoms with Crippen molar-refractivity contribution in [2.75, 3.05) is 18.4 Å². The van der Waals surface area contributed by atoms with E-state index in [0.717, 1.165) is 24.1 Å². The summed E-state index contributed by atoms with van der Waals surface area (Å²) in [5, 5.41) is 16.4. The molecule has 0 aliphatic heterocycles. The number of amides is 1. The van der Waals surface area contributed by atoms with Gasteiger partial charge in [-0.1, -0.05) is 60.7 Å². The second-order valence-electron chi connectivity index (χ2n) is 8.37. The summed E-state index contributed by atoms with van der Waals surface area (Å²) in [7, 11) is 0. The molecule has 0 radical (unpaired) electrons. The highest BCUT2D eigenvalue weighted by molar-refractivity contribution is 5.91. The first kappa shape index (κ1) is 24.3. The molecule has 35 heavy (non-hydrogen) atoms. The predicted octanol–water partition coefficient (Wildman–Crippen LogP) is 4.12. The lowest BCUT2D eigenvalue weighted by atomic mass is 10.1. The number of nitrogens with one attached hydrogen (secondary N) is 2. The van der Waals surface area contributed by atoms with Crippen LogP contribution in [0, 0.1) is 5.82 Å². The number of halogens is 1. The highest BCUT2D eigenvalue weighted by Crippen LogP contribution is 2.14. The van der Waals surface area contributed by atoms with Crippen LogP contribution < -0.4 is 10.6 Å². The van der Waals surface area contributed by atoms with E-state index >= 15 is 0 Å². The Balaban J connectivity index is 1.22. The summed E-state index contributed by atoms with van der Waals surface area (Å²) in [4.78, 5) is 16.8. The maximum Gasteiger partial charge on any atom is 0.231 e. The molecule has 0 spiro atoms. The van der Waals surface area contributed by atoms with Crippen LogP contribution in [0.5, 0.6) is 0 Å². The van der Waals surface area contributed by atoms with Gasteiger partial charge in [0.2, 0.25) is 5.91 Å². The van der Waals surface area contributed by atoms with Crippen LogP contribution in [-0.4, -0.2) is 33.7 Å². The van der Waals surface area contributed by atoms with Gasteiger partial charge in [-0.2, -0.15) is 0 Å². The predicted molar refractivity (Wildman–Crippen MR) is 134 cm³/mol. The van der Waals surface area contributed by atoms with Crippen molar-refractivity contribution in [2.45, 2.75) is 25.5 Å². The quantitative estimate of drug-likeness (QED) is 0.287. The van der Waals surface area contributed by atoms with Crippen LogP contribution in [0.1, 0.15) is 28.6 Å². The molecule has 1 heterocycles. The molecule has 1 atom stereocenters. The van der Waals surface area contributed by atoms with Crippen LogP contribution in [0.2, 0.25) is 0 Å². The summed E-state index contributed by atoms with van der Waals surface area (Å²) < 4.78 is 15.8. The molecule has 1 aromatic heterocycles. The number of carbonyl (C=O) groups is 1. The third-order valence-corrected chi connectivity index (χ3v) is 5.77. The number of aromatic nitrogens is 2. The molecule has 3 aromatic carbocycles. The van der Waals surface area contributed by atoms with Gasteiger partial charge in [0.25, 0.3) is 0 Å². The minimum Gasteiger partial charge on any atom is -0.387 e. The standard InChI is InChI=1S/C28H29FN4O2/c29-25-9-5-4-8-23(25)20-33-17-16-31-27(33)18-28(35)32-24-12-10-21(11-13-24)14-15-30-19-26(34)22-6-2-1-3-7-22/h1-13,16-17,26,30,34H,14-15,18-20H2,(H,32,35)/t26-/m0/s1. The van der Waals surface area contributed by atoms with Gasteiger partial charge in [0.1, 0.15) is 11.6 Å². The van der Waals surface area contributed by atoms with E-state index in [0.29, 0.717) is 30.2 Å². The fraction of sp³-hybridized carbons (Fsp3) is 0.214. The Morgan fingerprint density at radius 3 is 2.51 bits per heavy atom. The zero-order valence-corrected chi connectivity index (χ0v) is 19.4. The molecule has 0 bridgehead atoms. The normalized spacial score (nSPS) is 11.8. The molecule has 0 unspecified atom stereocenters. The zero-order chi connectivity index (χ0) is 24.5. The number of aliphatic hydroxyl groups is 1. The summed E-state index contributed by atoms with van der Waals surface area (Å²) >= 11 is 0. The molecule has 3 N–H and O–H groups in total. The van der Waals surface area contributed by atoms with Gasteiger partial charge in [0, 0.05) is 30.2 Å². The molecule has 0 saturated carbocycles. The van der Waals surface area contributed by atoms with Crippen molar-refractivity contribution >= 4 is 11.6 Å². The smallest absolute Gasteiger partial charge is 0.231 e. The Morgan fingerprint density at radius 2 is 1.74 bits per heavy atom. The summed E-state index contributed by atoms with van der Waals surface area (Å²) in [5.41, 5.74) is 3.28. The molecule has 0 saturated heterocycles. The number of rotatable bonds is 11. The fourth-order valence-electron chi connectivity index (χ4n) is 3.83. The van der Waals surface area contributed by atoms with Crippen LogP contribution in [-0.2, 0) is 24.2 Å². The van der Waals surface area contributed by atoms with E-state index in [1.54, 1.807) is 35.2 Å². The third kappa shape index (κ3) is 7.09. The summed E-state index contributed by atoms with van der Waals surface area (Å²) in [6, 6.07) is 23.9. The van der Waals surface area contributed by atoms with Crippen molar-refractivity contribution in [3.63, 3.8) is 0 Å². The molecular weight excluding hydrogens is 443 g/mol. The Bertz CT molecular complexity index is 1230. The van der Waals surface area contributed by atoms with Gasteiger partial charge in [0.15, 0.2) is 0 Å². The molecule has 4 aromatic rings. The van der Waals surface area contributed by atoms with Gasteiger partial charge in [0.05, 0.1) is 19.1 Å². The lowest BCUT2D eigenvalue weighted by Gasteiger charge is -2.12. The Labute approximate surface area is 204 Å². The van der Waals surface area contributed by atoms with Crippen molar-refractivity contribution in [3.05, 3.63) is 120 Å². The van der Waals surface area contributed by atoms with E-state index in [9.17, 15) is 14.3 Å². The number of benzene rings is 3. The molecule has 1 amide bonds. The first-order chi connectivity index (χ1) is 17.1. The number of hydrogen-bond acceptors (Lipinski definition) is 4.